The number of rotatable bonds is 7. The third kappa shape index (κ3) is 4.03. The Hall–Kier alpha value is -3.48. The van der Waals surface area contributed by atoms with Crippen LogP contribution in [0, 0.1) is 23.7 Å². The molecule has 0 aromatic heterocycles. The largest absolute Gasteiger partial charge is 0.452 e. The van der Waals surface area contributed by atoms with E-state index in [2.05, 4.69) is 5.32 Å². The first-order chi connectivity index (χ1) is 16.9. The lowest BCUT2D eigenvalue weighted by molar-refractivity contribution is -0.123. The van der Waals surface area contributed by atoms with E-state index in [1.807, 2.05) is 32.0 Å². The number of hydrogen-bond acceptors (Lipinski definition) is 5. The van der Waals surface area contributed by atoms with Gasteiger partial charge in [-0.05, 0) is 79.3 Å². The predicted molar refractivity (Wildman–Crippen MR) is 131 cm³/mol. The number of carbonyl (C=O) groups excluding carboxylic acids is 4. The van der Waals surface area contributed by atoms with Crippen molar-refractivity contribution < 1.29 is 23.9 Å². The molecule has 2 bridgehead atoms. The van der Waals surface area contributed by atoms with E-state index in [0.717, 1.165) is 48.9 Å². The lowest BCUT2D eigenvalue weighted by Gasteiger charge is -2.19. The number of fused-ring (bicyclic) bond motifs is 5. The number of hydrogen-bond donors (Lipinski definition) is 1. The Kier molecular flexibility index (Phi) is 6.17. The summed E-state index contributed by atoms with van der Waals surface area (Å²) in [7, 11) is 0. The first-order valence-electron chi connectivity index (χ1n) is 12.5. The molecular formula is C28H30N2O5. The SMILES string of the molecule is CCc1cccc(CC)c1NC(=O)COC(=O)c1ccc(N2C(=O)[C@@H]3[C@H]4CC[C@@H](C4)[C@@H]3C2=O)cc1. The van der Waals surface area contributed by atoms with Gasteiger partial charge in [0.15, 0.2) is 6.61 Å². The van der Waals surface area contributed by atoms with Crippen molar-refractivity contribution >= 4 is 35.1 Å². The first kappa shape index (κ1) is 23.3. The monoisotopic (exact) mass is 474 g/mol. The van der Waals surface area contributed by atoms with Crippen molar-refractivity contribution in [3.63, 3.8) is 0 Å². The van der Waals surface area contributed by atoms with Crippen LogP contribution in [-0.2, 0) is 32.0 Å². The highest BCUT2D eigenvalue weighted by atomic mass is 16.5. The molecule has 4 atom stereocenters. The van der Waals surface area contributed by atoms with Gasteiger partial charge in [0, 0.05) is 5.69 Å². The third-order valence-corrected chi connectivity index (χ3v) is 7.89. The van der Waals surface area contributed by atoms with E-state index in [1.54, 1.807) is 12.1 Å². The number of esters is 1. The summed E-state index contributed by atoms with van der Waals surface area (Å²) in [5.41, 5.74) is 3.57. The molecule has 3 amide bonds. The topological polar surface area (TPSA) is 92.8 Å². The van der Waals surface area contributed by atoms with Gasteiger partial charge in [-0.2, -0.15) is 0 Å². The maximum absolute atomic E-state index is 13.0. The number of ether oxygens (including phenoxy) is 1. The Bertz CT molecular complexity index is 1140. The zero-order valence-corrected chi connectivity index (χ0v) is 20.1. The van der Waals surface area contributed by atoms with Gasteiger partial charge in [-0.25, -0.2) is 4.79 Å². The van der Waals surface area contributed by atoms with Crippen LogP contribution in [0.2, 0.25) is 0 Å². The minimum absolute atomic E-state index is 0.113. The van der Waals surface area contributed by atoms with E-state index >= 15 is 0 Å². The molecule has 2 saturated carbocycles. The molecule has 0 spiro atoms. The van der Waals surface area contributed by atoms with Gasteiger partial charge in [-0.15, -0.1) is 0 Å². The summed E-state index contributed by atoms with van der Waals surface area (Å²) in [5, 5.41) is 2.88. The Labute approximate surface area is 204 Å². The van der Waals surface area contributed by atoms with Crippen molar-refractivity contribution in [3.05, 3.63) is 59.2 Å². The lowest BCUT2D eigenvalue weighted by atomic mass is 9.81. The molecule has 2 aromatic rings. The molecule has 1 N–H and O–H groups in total. The highest BCUT2D eigenvalue weighted by Crippen LogP contribution is 2.56. The summed E-state index contributed by atoms with van der Waals surface area (Å²) >= 11 is 0. The quantitative estimate of drug-likeness (QED) is 0.481. The van der Waals surface area contributed by atoms with Crippen molar-refractivity contribution in [3.8, 4) is 0 Å². The predicted octanol–water partition coefficient (Wildman–Crippen LogP) is 4.14. The van der Waals surface area contributed by atoms with Crippen molar-refractivity contribution in [1.29, 1.82) is 0 Å². The van der Waals surface area contributed by atoms with Crippen LogP contribution in [0.3, 0.4) is 0 Å². The zero-order valence-electron chi connectivity index (χ0n) is 20.1. The number of imide groups is 1. The number of nitrogens with one attached hydrogen (secondary N) is 1. The molecule has 2 aliphatic carbocycles. The number of anilines is 2. The van der Waals surface area contributed by atoms with E-state index in [4.69, 9.17) is 4.74 Å². The number of benzene rings is 2. The van der Waals surface area contributed by atoms with Crippen molar-refractivity contribution in [2.45, 2.75) is 46.0 Å². The van der Waals surface area contributed by atoms with Gasteiger partial charge in [-0.3, -0.25) is 19.3 Å². The molecular weight excluding hydrogens is 444 g/mol. The van der Waals surface area contributed by atoms with Gasteiger partial charge >= 0.3 is 5.97 Å². The highest BCUT2D eigenvalue weighted by molar-refractivity contribution is 6.22. The average molecular weight is 475 g/mol. The number of amides is 3. The van der Waals surface area contributed by atoms with Crippen molar-refractivity contribution in [1.82, 2.24) is 0 Å². The van der Waals surface area contributed by atoms with Gasteiger partial charge < -0.3 is 10.1 Å². The molecule has 3 aliphatic rings. The molecule has 35 heavy (non-hydrogen) atoms. The van der Waals surface area contributed by atoms with Crippen LogP contribution in [0.15, 0.2) is 42.5 Å². The molecule has 5 rings (SSSR count). The smallest absolute Gasteiger partial charge is 0.338 e. The maximum Gasteiger partial charge on any atom is 0.338 e. The summed E-state index contributed by atoms with van der Waals surface area (Å²) in [5.74, 6) is -0.990. The summed E-state index contributed by atoms with van der Waals surface area (Å²) in [6, 6.07) is 12.2. The van der Waals surface area contributed by atoms with E-state index in [0.29, 0.717) is 17.5 Å². The molecule has 0 unspecified atom stereocenters. The fourth-order valence-electron chi connectivity index (χ4n) is 6.20. The normalized spacial score (nSPS) is 24.6. The molecule has 1 saturated heterocycles. The van der Waals surface area contributed by atoms with Crippen molar-refractivity contribution in [2.24, 2.45) is 23.7 Å². The van der Waals surface area contributed by atoms with Crippen LogP contribution in [-0.4, -0.2) is 30.3 Å². The lowest BCUT2D eigenvalue weighted by Crippen LogP contribution is -2.32. The van der Waals surface area contributed by atoms with Gasteiger partial charge in [0.1, 0.15) is 0 Å². The fraction of sp³-hybridized carbons (Fsp3) is 0.429. The third-order valence-electron chi connectivity index (χ3n) is 7.89. The number of carbonyl (C=O) groups is 4. The van der Waals surface area contributed by atoms with Crippen LogP contribution >= 0.6 is 0 Å². The van der Waals surface area contributed by atoms with Crippen LogP contribution in [0.4, 0.5) is 11.4 Å². The van der Waals surface area contributed by atoms with E-state index in [-0.39, 0.29) is 29.2 Å². The van der Waals surface area contributed by atoms with Crippen LogP contribution < -0.4 is 10.2 Å². The molecule has 7 nitrogen and oxygen atoms in total. The molecule has 7 heteroatoms. The first-order valence-corrected chi connectivity index (χ1v) is 12.5. The van der Waals surface area contributed by atoms with Gasteiger partial charge in [0.2, 0.25) is 11.8 Å². The summed E-state index contributed by atoms with van der Waals surface area (Å²) in [4.78, 5) is 52.3. The highest BCUT2D eigenvalue weighted by Gasteiger charge is 2.61. The second-order valence-electron chi connectivity index (χ2n) is 9.73. The Morgan fingerprint density at radius 2 is 1.49 bits per heavy atom. The zero-order chi connectivity index (χ0) is 24.7. The Morgan fingerprint density at radius 3 is 2.03 bits per heavy atom. The average Bonchev–Trinajstić information content (AvgIpc) is 3.56. The molecule has 182 valence electrons. The van der Waals surface area contributed by atoms with Gasteiger partial charge in [0.25, 0.3) is 5.91 Å². The van der Waals surface area contributed by atoms with Crippen LogP contribution in [0.5, 0.6) is 0 Å². The van der Waals surface area contributed by atoms with E-state index < -0.39 is 18.5 Å². The van der Waals surface area contributed by atoms with E-state index in [9.17, 15) is 19.2 Å². The molecule has 0 radical (unpaired) electrons. The summed E-state index contributed by atoms with van der Waals surface area (Å²) in [6.07, 6.45) is 4.60. The van der Waals surface area contributed by atoms with Gasteiger partial charge in [-0.1, -0.05) is 32.0 Å². The molecule has 1 aliphatic heterocycles. The van der Waals surface area contributed by atoms with Crippen LogP contribution in [0.1, 0.15) is 54.6 Å². The second-order valence-corrected chi connectivity index (χ2v) is 9.73. The van der Waals surface area contributed by atoms with Crippen molar-refractivity contribution in [2.75, 3.05) is 16.8 Å². The van der Waals surface area contributed by atoms with E-state index in [1.165, 1.54) is 17.0 Å². The minimum atomic E-state index is -0.639. The van der Waals surface area contributed by atoms with Crippen LogP contribution in [0.25, 0.3) is 0 Å². The fourth-order valence-corrected chi connectivity index (χ4v) is 6.20. The minimum Gasteiger partial charge on any atom is -0.452 e. The second kappa shape index (κ2) is 9.29. The van der Waals surface area contributed by atoms with Gasteiger partial charge in [0.05, 0.1) is 23.1 Å². The summed E-state index contributed by atoms with van der Waals surface area (Å²) in [6.45, 7) is 3.64. The molecule has 3 fully saturated rings. The molecule has 2 aromatic carbocycles. The number of para-hydroxylation sites is 1. The molecule has 1 heterocycles. The standard InChI is InChI=1S/C28H30N2O5/c1-3-16-6-5-7-17(4-2)25(16)29-22(31)15-35-28(34)18-10-12-21(13-11-18)30-26(32)23-19-8-9-20(14-19)24(23)27(30)33/h5-7,10-13,19-20,23-24H,3-4,8-9,14-15H2,1-2H3,(H,29,31)/t19-,20-,23-,24+/m0/s1. The summed E-state index contributed by atoms with van der Waals surface area (Å²) < 4.78 is 5.22. The number of aryl methyl sites for hydroxylation is 2. The Morgan fingerprint density at radius 1 is 0.914 bits per heavy atom. The number of nitrogens with zero attached hydrogens (tertiary/aromatic N) is 1. The Balaban J connectivity index is 1.21. The maximum atomic E-state index is 13.0.